The Bertz CT molecular complexity index is 569. The molecule has 0 saturated heterocycles. The van der Waals surface area contributed by atoms with Gasteiger partial charge in [0.15, 0.2) is 0 Å². The molecule has 0 bridgehead atoms. The summed E-state index contributed by atoms with van der Waals surface area (Å²) in [6.07, 6.45) is 3.09. The van der Waals surface area contributed by atoms with Gasteiger partial charge in [0.05, 0.1) is 6.61 Å². The zero-order chi connectivity index (χ0) is 17.1. The van der Waals surface area contributed by atoms with Crippen LogP contribution in [0.1, 0.15) is 58.1 Å². The number of hydrogen-bond acceptors (Lipinski definition) is 4. The second kappa shape index (κ2) is 7.45. The average Bonchev–Trinajstić information content (AvgIpc) is 2.55. The SMILES string of the molecule is CC(C)[C@@H]1CC[C@@H](C)C[C@H]1OC(=O)O[C@H]1CCOc2ccccc21. The molecule has 0 unspecified atom stereocenters. The van der Waals surface area contributed by atoms with Gasteiger partial charge in [-0.1, -0.05) is 45.4 Å². The van der Waals surface area contributed by atoms with Crippen LogP contribution in [-0.2, 0) is 9.47 Å². The van der Waals surface area contributed by atoms with E-state index in [1.54, 1.807) is 0 Å². The van der Waals surface area contributed by atoms with Crippen molar-refractivity contribution in [3.63, 3.8) is 0 Å². The largest absolute Gasteiger partial charge is 0.509 e. The summed E-state index contributed by atoms with van der Waals surface area (Å²) in [7, 11) is 0. The zero-order valence-electron chi connectivity index (χ0n) is 14.9. The maximum atomic E-state index is 12.4. The Hall–Kier alpha value is -1.71. The Morgan fingerprint density at radius 2 is 1.96 bits per heavy atom. The molecule has 0 radical (unpaired) electrons. The fourth-order valence-electron chi connectivity index (χ4n) is 3.95. The number of fused-ring (bicyclic) bond motifs is 1. The van der Waals surface area contributed by atoms with E-state index in [1.807, 2.05) is 24.3 Å². The van der Waals surface area contributed by atoms with Crippen LogP contribution in [0.5, 0.6) is 5.75 Å². The number of rotatable bonds is 3. The van der Waals surface area contributed by atoms with Gasteiger partial charge in [0.1, 0.15) is 18.0 Å². The molecular formula is C20H28O4. The molecule has 0 amide bonds. The lowest BCUT2D eigenvalue weighted by Gasteiger charge is -2.36. The fraction of sp³-hybridized carbons (Fsp3) is 0.650. The third-order valence-electron chi connectivity index (χ3n) is 5.35. The Balaban J connectivity index is 1.63. The molecule has 1 saturated carbocycles. The molecule has 1 aromatic carbocycles. The molecule has 4 atom stereocenters. The van der Waals surface area contributed by atoms with Gasteiger partial charge in [-0.2, -0.15) is 0 Å². The summed E-state index contributed by atoms with van der Waals surface area (Å²) < 4.78 is 17.0. The van der Waals surface area contributed by atoms with Gasteiger partial charge in [0.2, 0.25) is 0 Å². The van der Waals surface area contributed by atoms with Crippen LogP contribution in [0, 0.1) is 17.8 Å². The van der Waals surface area contributed by atoms with E-state index >= 15 is 0 Å². The first kappa shape index (κ1) is 17.1. The van der Waals surface area contributed by atoms with Gasteiger partial charge in [-0.05, 0) is 36.7 Å². The maximum absolute atomic E-state index is 12.4. The van der Waals surface area contributed by atoms with Crippen LogP contribution in [0.2, 0.25) is 0 Å². The monoisotopic (exact) mass is 332 g/mol. The van der Waals surface area contributed by atoms with Gasteiger partial charge in [-0.3, -0.25) is 0 Å². The van der Waals surface area contributed by atoms with E-state index in [9.17, 15) is 4.79 Å². The number of carbonyl (C=O) groups is 1. The van der Waals surface area contributed by atoms with Crippen molar-refractivity contribution in [1.82, 2.24) is 0 Å². The third-order valence-corrected chi connectivity index (χ3v) is 5.35. The Morgan fingerprint density at radius 1 is 1.17 bits per heavy atom. The first-order chi connectivity index (χ1) is 11.5. The van der Waals surface area contributed by atoms with Crippen molar-refractivity contribution in [3.05, 3.63) is 29.8 Å². The summed E-state index contributed by atoms with van der Waals surface area (Å²) in [5.74, 6) is 2.34. The average molecular weight is 332 g/mol. The normalized spacial score (nSPS) is 29.5. The molecule has 1 fully saturated rings. The predicted molar refractivity (Wildman–Crippen MR) is 92.0 cm³/mol. The highest BCUT2D eigenvalue weighted by atomic mass is 16.7. The number of hydrogen-bond donors (Lipinski definition) is 0. The highest BCUT2D eigenvalue weighted by molar-refractivity contribution is 5.61. The summed E-state index contributed by atoms with van der Waals surface area (Å²) in [5.41, 5.74) is 0.929. The highest BCUT2D eigenvalue weighted by Gasteiger charge is 2.35. The molecule has 1 aliphatic heterocycles. The van der Waals surface area contributed by atoms with Crippen molar-refractivity contribution in [2.75, 3.05) is 6.61 Å². The van der Waals surface area contributed by atoms with Crippen molar-refractivity contribution in [2.24, 2.45) is 17.8 Å². The van der Waals surface area contributed by atoms with E-state index < -0.39 is 6.16 Å². The molecule has 0 spiro atoms. The van der Waals surface area contributed by atoms with Crippen molar-refractivity contribution < 1.29 is 19.0 Å². The molecule has 3 rings (SSSR count). The molecule has 0 N–H and O–H groups in total. The van der Waals surface area contributed by atoms with Crippen molar-refractivity contribution in [1.29, 1.82) is 0 Å². The number of para-hydroxylation sites is 1. The smallest absolute Gasteiger partial charge is 0.493 e. The van der Waals surface area contributed by atoms with Gasteiger partial charge in [0.25, 0.3) is 0 Å². The summed E-state index contributed by atoms with van der Waals surface area (Å²) in [6, 6.07) is 7.73. The van der Waals surface area contributed by atoms with E-state index in [1.165, 1.54) is 6.42 Å². The van der Waals surface area contributed by atoms with Gasteiger partial charge < -0.3 is 14.2 Å². The van der Waals surface area contributed by atoms with Crippen molar-refractivity contribution in [3.8, 4) is 5.75 Å². The fourth-order valence-corrected chi connectivity index (χ4v) is 3.95. The number of benzene rings is 1. The van der Waals surface area contributed by atoms with E-state index in [-0.39, 0.29) is 12.2 Å². The highest BCUT2D eigenvalue weighted by Crippen LogP contribution is 2.37. The van der Waals surface area contributed by atoms with Crippen LogP contribution in [0.25, 0.3) is 0 Å². The van der Waals surface area contributed by atoms with Crippen LogP contribution >= 0.6 is 0 Å². The van der Waals surface area contributed by atoms with Crippen LogP contribution in [0.15, 0.2) is 24.3 Å². The molecule has 4 heteroatoms. The summed E-state index contributed by atoms with van der Waals surface area (Å²) >= 11 is 0. The molecule has 24 heavy (non-hydrogen) atoms. The van der Waals surface area contributed by atoms with Crippen LogP contribution in [-0.4, -0.2) is 18.9 Å². The van der Waals surface area contributed by atoms with E-state index in [2.05, 4.69) is 20.8 Å². The minimum Gasteiger partial charge on any atom is -0.493 e. The van der Waals surface area contributed by atoms with Crippen LogP contribution < -0.4 is 4.74 Å². The Kier molecular flexibility index (Phi) is 5.32. The molecule has 0 aromatic heterocycles. The topological polar surface area (TPSA) is 44.8 Å². The summed E-state index contributed by atoms with van der Waals surface area (Å²) in [4.78, 5) is 12.4. The maximum Gasteiger partial charge on any atom is 0.509 e. The van der Waals surface area contributed by atoms with E-state index in [0.717, 1.165) is 24.2 Å². The lowest BCUT2D eigenvalue weighted by atomic mass is 9.75. The van der Waals surface area contributed by atoms with Gasteiger partial charge in [-0.25, -0.2) is 4.79 Å². The summed E-state index contributed by atoms with van der Waals surface area (Å²) in [6.45, 7) is 7.20. The molecule has 132 valence electrons. The minimum absolute atomic E-state index is 0.0312. The molecule has 1 aliphatic carbocycles. The second-order valence-corrected chi connectivity index (χ2v) is 7.51. The van der Waals surface area contributed by atoms with Crippen molar-refractivity contribution >= 4 is 6.16 Å². The molecular weight excluding hydrogens is 304 g/mol. The lowest BCUT2D eigenvalue weighted by molar-refractivity contribution is -0.0507. The number of carbonyl (C=O) groups excluding carboxylic acids is 1. The Labute approximate surface area is 144 Å². The van der Waals surface area contributed by atoms with E-state index in [0.29, 0.717) is 30.8 Å². The van der Waals surface area contributed by atoms with Gasteiger partial charge >= 0.3 is 6.16 Å². The van der Waals surface area contributed by atoms with E-state index in [4.69, 9.17) is 14.2 Å². The van der Waals surface area contributed by atoms with Crippen LogP contribution in [0.3, 0.4) is 0 Å². The minimum atomic E-state index is -0.540. The van der Waals surface area contributed by atoms with Crippen LogP contribution in [0.4, 0.5) is 4.79 Å². The zero-order valence-corrected chi connectivity index (χ0v) is 14.9. The first-order valence-electron chi connectivity index (χ1n) is 9.13. The molecule has 1 heterocycles. The quantitative estimate of drug-likeness (QED) is 0.720. The standard InChI is InChI=1S/C20H28O4/c1-13(2)15-9-8-14(3)12-19(15)24-20(21)23-18-10-11-22-17-7-5-4-6-16(17)18/h4-7,13-15,18-19H,8-12H2,1-3H3/t14-,15+,18+,19-/m1/s1. The first-order valence-corrected chi connectivity index (χ1v) is 9.13. The van der Waals surface area contributed by atoms with Crippen molar-refractivity contribution in [2.45, 2.75) is 58.7 Å². The number of ether oxygens (including phenoxy) is 3. The van der Waals surface area contributed by atoms with Gasteiger partial charge in [0, 0.05) is 12.0 Å². The molecule has 4 nitrogen and oxygen atoms in total. The second-order valence-electron chi connectivity index (χ2n) is 7.51. The summed E-state index contributed by atoms with van der Waals surface area (Å²) in [5, 5.41) is 0. The predicted octanol–water partition coefficient (Wildman–Crippen LogP) is 5.12. The lowest BCUT2D eigenvalue weighted by Crippen LogP contribution is -2.36. The molecule has 2 aliphatic rings. The van der Waals surface area contributed by atoms with Gasteiger partial charge in [-0.15, -0.1) is 0 Å². The Morgan fingerprint density at radius 3 is 2.75 bits per heavy atom. The third kappa shape index (κ3) is 3.85. The molecule has 1 aromatic rings.